The van der Waals surface area contributed by atoms with E-state index in [4.69, 9.17) is 9.84 Å². The number of amides is 1. The van der Waals surface area contributed by atoms with Gasteiger partial charge in [0.15, 0.2) is 6.10 Å². The third-order valence-electron chi connectivity index (χ3n) is 4.62. The second kappa shape index (κ2) is 6.10. The first-order valence-corrected chi connectivity index (χ1v) is 7.33. The van der Waals surface area contributed by atoms with Crippen molar-refractivity contribution in [1.29, 1.82) is 0 Å². The lowest BCUT2D eigenvalue weighted by atomic mass is 9.75. The minimum atomic E-state index is -0.919. The first-order valence-electron chi connectivity index (χ1n) is 7.33. The smallest absolute Gasteiger partial charge is 0.332 e. The van der Waals surface area contributed by atoms with Crippen molar-refractivity contribution >= 4 is 11.9 Å². The zero-order valence-corrected chi connectivity index (χ0v) is 12.1. The number of aliphatic carboxylic acids is 1. The Balaban J connectivity index is 1.85. The van der Waals surface area contributed by atoms with Crippen LogP contribution < -0.4 is 10.6 Å². The van der Waals surface area contributed by atoms with Gasteiger partial charge in [0.2, 0.25) is 5.91 Å². The summed E-state index contributed by atoms with van der Waals surface area (Å²) in [5.74, 6) is -0.592. The van der Waals surface area contributed by atoms with Gasteiger partial charge in [-0.2, -0.15) is 0 Å². The normalized spacial score (nSPS) is 33.5. The van der Waals surface area contributed by atoms with E-state index in [-0.39, 0.29) is 23.3 Å². The van der Waals surface area contributed by atoms with Crippen LogP contribution in [-0.4, -0.2) is 48.8 Å². The Labute approximate surface area is 119 Å². The van der Waals surface area contributed by atoms with E-state index >= 15 is 0 Å². The van der Waals surface area contributed by atoms with E-state index in [0.717, 1.165) is 13.0 Å². The Bertz CT molecular complexity index is 377. The summed E-state index contributed by atoms with van der Waals surface area (Å²) in [5, 5.41) is 15.1. The van der Waals surface area contributed by atoms with Crippen molar-refractivity contribution in [3.8, 4) is 0 Å². The van der Waals surface area contributed by atoms with Crippen molar-refractivity contribution in [2.45, 2.75) is 45.3 Å². The molecule has 20 heavy (non-hydrogen) atoms. The van der Waals surface area contributed by atoms with Gasteiger partial charge in [0.1, 0.15) is 0 Å². The summed E-state index contributed by atoms with van der Waals surface area (Å²) in [6, 6.07) is 0. The molecule has 2 saturated heterocycles. The first kappa shape index (κ1) is 15.3. The fourth-order valence-corrected chi connectivity index (χ4v) is 3.08. The van der Waals surface area contributed by atoms with Crippen molar-refractivity contribution in [2.75, 3.05) is 19.6 Å². The predicted octanol–water partition coefficient (Wildman–Crippen LogP) is 0.371. The molecule has 0 bridgehead atoms. The summed E-state index contributed by atoms with van der Waals surface area (Å²) >= 11 is 0. The maximum Gasteiger partial charge on any atom is 0.332 e. The summed E-state index contributed by atoms with van der Waals surface area (Å²) in [5.41, 5.74) is -0.342. The van der Waals surface area contributed by atoms with Crippen molar-refractivity contribution in [2.24, 2.45) is 11.3 Å². The van der Waals surface area contributed by atoms with E-state index in [2.05, 4.69) is 24.5 Å². The van der Waals surface area contributed by atoms with Gasteiger partial charge in [0.25, 0.3) is 0 Å². The number of carbonyl (C=O) groups excluding carboxylic acids is 1. The van der Waals surface area contributed by atoms with E-state index in [1.165, 1.54) is 0 Å². The van der Waals surface area contributed by atoms with E-state index in [1.807, 2.05) is 0 Å². The molecule has 3 atom stereocenters. The number of hydrogen-bond acceptors (Lipinski definition) is 4. The highest BCUT2D eigenvalue weighted by molar-refractivity contribution is 5.83. The van der Waals surface area contributed by atoms with Crippen LogP contribution in [0, 0.1) is 11.3 Å². The molecule has 0 radical (unpaired) electrons. The molecule has 6 heteroatoms. The van der Waals surface area contributed by atoms with Crippen LogP contribution in [0.2, 0.25) is 0 Å². The molecule has 3 unspecified atom stereocenters. The fraction of sp³-hybridized carbons (Fsp3) is 0.857. The molecule has 0 spiro atoms. The fourth-order valence-electron chi connectivity index (χ4n) is 3.08. The number of nitrogens with one attached hydrogen (secondary N) is 2. The van der Waals surface area contributed by atoms with Crippen molar-refractivity contribution in [3.05, 3.63) is 0 Å². The summed E-state index contributed by atoms with van der Waals surface area (Å²) in [7, 11) is 0. The molecule has 0 aliphatic carbocycles. The van der Waals surface area contributed by atoms with E-state index < -0.39 is 12.1 Å². The van der Waals surface area contributed by atoms with Gasteiger partial charge in [0, 0.05) is 13.1 Å². The SMILES string of the molecule is CC(C)C1(C(=O)NCC2CCC(C(=O)O)O2)CCNC1. The van der Waals surface area contributed by atoms with Gasteiger partial charge in [-0.25, -0.2) is 4.79 Å². The van der Waals surface area contributed by atoms with E-state index in [0.29, 0.717) is 25.9 Å². The van der Waals surface area contributed by atoms with Crippen LogP contribution in [0.4, 0.5) is 0 Å². The second-order valence-corrected chi connectivity index (χ2v) is 6.11. The Hall–Kier alpha value is -1.14. The molecule has 0 aromatic heterocycles. The number of ether oxygens (including phenoxy) is 1. The lowest BCUT2D eigenvalue weighted by molar-refractivity contribution is -0.149. The molecule has 2 aliphatic heterocycles. The molecule has 6 nitrogen and oxygen atoms in total. The summed E-state index contributed by atoms with van der Waals surface area (Å²) < 4.78 is 5.40. The lowest BCUT2D eigenvalue weighted by Crippen LogP contribution is -2.48. The predicted molar refractivity (Wildman–Crippen MR) is 73.3 cm³/mol. The van der Waals surface area contributed by atoms with Gasteiger partial charge in [-0.3, -0.25) is 4.79 Å². The van der Waals surface area contributed by atoms with Crippen LogP contribution >= 0.6 is 0 Å². The van der Waals surface area contributed by atoms with Crippen LogP contribution in [-0.2, 0) is 14.3 Å². The van der Waals surface area contributed by atoms with E-state index in [1.54, 1.807) is 0 Å². The number of carboxylic acids is 1. The molecule has 3 N–H and O–H groups in total. The van der Waals surface area contributed by atoms with Crippen LogP contribution in [0.5, 0.6) is 0 Å². The van der Waals surface area contributed by atoms with Gasteiger partial charge >= 0.3 is 5.97 Å². The average molecular weight is 284 g/mol. The summed E-state index contributed by atoms with van der Waals surface area (Å²) in [6.45, 7) is 6.11. The topological polar surface area (TPSA) is 87.7 Å². The van der Waals surface area contributed by atoms with Crippen molar-refractivity contribution < 1.29 is 19.4 Å². The monoisotopic (exact) mass is 284 g/mol. The highest BCUT2D eigenvalue weighted by Crippen LogP contribution is 2.34. The Morgan fingerprint density at radius 3 is 2.70 bits per heavy atom. The molecule has 0 saturated carbocycles. The first-order chi connectivity index (χ1) is 9.45. The molecule has 2 aliphatic rings. The van der Waals surface area contributed by atoms with Crippen LogP contribution in [0.25, 0.3) is 0 Å². The van der Waals surface area contributed by atoms with Crippen molar-refractivity contribution in [1.82, 2.24) is 10.6 Å². The van der Waals surface area contributed by atoms with Crippen LogP contribution in [0.1, 0.15) is 33.1 Å². The second-order valence-electron chi connectivity index (χ2n) is 6.11. The molecule has 2 heterocycles. The maximum atomic E-state index is 12.5. The Morgan fingerprint density at radius 1 is 1.45 bits per heavy atom. The lowest BCUT2D eigenvalue weighted by Gasteiger charge is -2.31. The van der Waals surface area contributed by atoms with E-state index in [9.17, 15) is 9.59 Å². The molecule has 0 aromatic rings. The van der Waals surface area contributed by atoms with Gasteiger partial charge < -0.3 is 20.5 Å². The summed E-state index contributed by atoms with van der Waals surface area (Å²) in [6.07, 6.45) is 1.15. The zero-order chi connectivity index (χ0) is 14.8. The average Bonchev–Trinajstić information content (AvgIpc) is 3.05. The molecular weight excluding hydrogens is 260 g/mol. The molecule has 2 rings (SSSR count). The number of hydrogen-bond donors (Lipinski definition) is 3. The molecule has 1 amide bonds. The number of carboxylic acid groups (broad SMARTS) is 1. The standard InChI is InChI=1S/C14H24N2O4/c1-9(2)14(5-6-15-8-14)13(19)16-7-10-3-4-11(20-10)12(17)18/h9-11,15H,3-8H2,1-2H3,(H,16,19)(H,17,18). The van der Waals surface area contributed by atoms with Gasteiger partial charge in [-0.15, -0.1) is 0 Å². The quantitative estimate of drug-likeness (QED) is 0.679. The van der Waals surface area contributed by atoms with Gasteiger partial charge in [-0.1, -0.05) is 13.8 Å². The molecule has 0 aromatic carbocycles. The molecule has 2 fully saturated rings. The number of carbonyl (C=O) groups is 2. The highest BCUT2D eigenvalue weighted by Gasteiger charge is 2.44. The third-order valence-corrected chi connectivity index (χ3v) is 4.62. The Morgan fingerprint density at radius 2 is 2.20 bits per heavy atom. The Kier molecular flexibility index (Phi) is 4.65. The zero-order valence-electron chi connectivity index (χ0n) is 12.1. The van der Waals surface area contributed by atoms with Gasteiger partial charge in [0.05, 0.1) is 11.5 Å². The van der Waals surface area contributed by atoms with Crippen LogP contribution in [0.3, 0.4) is 0 Å². The van der Waals surface area contributed by atoms with Crippen LogP contribution in [0.15, 0.2) is 0 Å². The number of rotatable bonds is 5. The minimum absolute atomic E-state index is 0.0554. The minimum Gasteiger partial charge on any atom is -0.479 e. The molecular formula is C14H24N2O4. The highest BCUT2D eigenvalue weighted by atomic mass is 16.5. The maximum absolute atomic E-state index is 12.5. The summed E-state index contributed by atoms with van der Waals surface area (Å²) in [4.78, 5) is 23.3. The molecule has 114 valence electrons. The van der Waals surface area contributed by atoms with Crippen molar-refractivity contribution in [3.63, 3.8) is 0 Å². The third kappa shape index (κ3) is 2.96. The van der Waals surface area contributed by atoms with Gasteiger partial charge in [-0.05, 0) is 31.7 Å². The largest absolute Gasteiger partial charge is 0.479 e.